The van der Waals surface area contributed by atoms with Crippen LogP contribution in [0.1, 0.15) is 11.1 Å². The number of para-hydroxylation sites is 3. The minimum Gasteiger partial charge on any atom is -0.337 e. The topological polar surface area (TPSA) is 34.0 Å². The standard InChI is InChI=1S/C52H38N4/c1-4-16-38(17-5-1)47-36-48(54-52(53-47)40-19-6-2-7-20-40)42-21-14-25-44(34-42)55-33-15-22-37(29-30-39-18-10-12-27-49(39)55)41-31-32-51-46(35-41)45-26-11-13-28-50(45)56(51)43-23-8-3-9-24-43/h1-29,31-32,34-36H,30,33H2/b22-15?,37-29+. The number of hydrogen-bond acceptors (Lipinski definition) is 3. The van der Waals surface area contributed by atoms with Crippen LogP contribution in [0.15, 0.2) is 206 Å². The van der Waals surface area contributed by atoms with E-state index in [2.05, 4.69) is 191 Å². The molecular formula is C52H38N4. The van der Waals surface area contributed by atoms with Gasteiger partial charge in [-0.15, -0.1) is 0 Å². The zero-order valence-electron chi connectivity index (χ0n) is 30.8. The summed E-state index contributed by atoms with van der Waals surface area (Å²) in [5.41, 5.74) is 14.5. The second-order valence-corrected chi connectivity index (χ2v) is 14.2. The van der Waals surface area contributed by atoms with Gasteiger partial charge in [0.2, 0.25) is 0 Å². The zero-order chi connectivity index (χ0) is 37.3. The lowest BCUT2D eigenvalue weighted by atomic mass is 9.99. The van der Waals surface area contributed by atoms with Gasteiger partial charge in [-0.1, -0.05) is 152 Å². The Balaban J connectivity index is 1.03. The van der Waals surface area contributed by atoms with Crippen LogP contribution in [-0.4, -0.2) is 21.1 Å². The van der Waals surface area contributed by atoms with Gasteiger partial charge in [0, 0.05) is 51.1 Å². The van der Waals surface area contributed by atoms with Crippen molar-refractivity contribution in [2.45, 2.75) is 6.42 Å². The fourth-order valence-corrected chi connectivity index (χ4v) is 7.99. The fraction of sp³-hybridized carbons (Fsp3) is 0.0385. The molecule has 0 aliphatic carbocycles. The highest BCUT2D eigenvalue weighted by Gasteiger charge is 2.18. The smallest absolute Gasteiger partial charge is 0.160 e. The molecule has 0 fully saturated rings. The second-order valence-electron chi connectivity index (χ2n) is 14.2. The van der Waals surface area contributed by atoms with Gasteiger partial charge in [-0.05, 0) is 77.7 Å². The molecular weight excluding hydrogens is 681 g/mol. The van der Waals surface area contributed by atoms with Crippen molar-refractivity contribution in [2.24, 2.45) is 0 Å². The highest BCUT2D eigenvalue weighted by Crippen LogP contribution is 2.37. The second kappa shape index (κ2) is 14.5. The first-order chi connectivity index (χ1) is 27.8. The van der Waals surface area contributed by atoms with Crippen molar-refractivity contribution in [3.05, 3.63) is 217 Å². The van der Waals surface area contributed by atoms with Crippen LogP contribution in [0.5, 0.6) is 0 Å². The van der Waals surface area contributed by atoms with E-state index >= 15 is 0 Å². The van der Waals surface area contributed by atoms with Crippen LogP contribution in [0.25, 0.3) is 67.0 Å². The van der Waals surface area contributed by atoms with E-state index in [0.717, 1.165) is 40.2 Å². The van der Waals surface area contributed by atoms with E-state index in [9.17, 15) is 0 Å². The van der Waals surface area contributed by atoms with E-state index in [1.54, 1.807) is 0 Å². The quantitative estimate of drug-likeness (QED) is 0.172. The molecule has 0 amide bonds. The van der Waals surface area contributed by atoms with Gasteiger partial charge in [0.05, 0.1) is 22.4 Å². The zero-order valence-corrected chi connectivity index (χ0v) is 30.8. The van der Waals surface area contributed by atoms with Gasteiger partial charge in [-0.3, -0.25) is 0 Å². The van der Waals surface area contributed by atoms with E-state index in [1.165, 1.54) is 49.9 Å². The first kappa shape index (κ1) is 33.3. The molecule has 56 heavy (non-hydrogen) atoms. The van der Waals surface area contributed by atoms with Crippen LogP contribution in [0.4, 0.5) is 11.4 Å². The van der Waals surface area contributed by atoms with Gasteiger partial charge in [-0.2, -0.15) is 0 Å². The number of allylic oxidation sites excluding steroid dienone is 3. The lowest BCUT2D eigenvalue weighted by Crippen LogP contribution is -2.18. The minimum absolute atomic E-state index is 0.710. The molecule has 0 bridgehead atoms. The Labute approximate surface area is 327 Å². The Morgan fingerprint density at radius 2 is 1.09 bits per heavy atom. The van der Waals surface area contributed by atoms with Crippen molar-refractivity contribution >= 4 is 38.8 Å². The summed E-state index contributed by atoms with van der Waals surface area (Å²) in [4.78, 5) is 12.6. The van der Waals surface area contributed by atoms with Gasteiger partial charge in [0.15, 0.2) is 5.82 Å². The highest BCUT2D eigenvalue weighted by molar-refractivity contribution is 6.10. The lowest BCUT2D eigenvalue weighted by molar-refractivity contribution is 1.07. The number of aromatic nitrogens is 3. The summed E-state index contributed by atoms with van der Waals surface area (Å²) in [5, 5.41) is 2.51. The average molecular weight is 719 g/mol. The molecule has 3 heterocycles. The summed E-state index contributed by atoms with van der Waals surface area (Å²) < 4.78 is 2.37. The molecule has 2 aromatic heterocycles. The fourth-order valence-electron chi connectivity index (χ4n) is 7.99. The van der Waals surface area contributed by atoms with Crippen LogP contribution in [-0.2, 0) is 6.42 Å². The molecule has 0 radical (unpaired) electrons. The van der Waals surface area contributed by atoms with Gasteiger partial charge in [-0.25, -0.2) is 9.97 Å². The number of fused-ring (bicyclic) bond motifs is 4. The molecule has 0 saturated carbocycles. The van der Waals surface area contributed by atoms with E-state index in [4.69, 9.17) is 9.97 Å². The molecule has 1 aliphatic rings. The van der Waals surface area contributed by atoms with Crippen LogP contribution in [0.2, 0.25) is 0 Å². The highest BCUT2D eigenvalue weighted by atomic mass is 15.1. The Kier molecular flexibility index (Phi) is 8.62. The first-order valence-corrected chi connectivity index (χ1v) is 19.2. The summed E-state index contributed by atoms with van der Waals surface area (Å²) in [5.74, 6) is 0.713. The maximum Gasteiger partial charge on any atom is 0.160 e. The monoisotopic (exact) mass is 718 g/mol. The summed E-state index contributed by atoms with van der Waals surface area (Å²) in [6.45, 7) is 0.710. The largest absolute Gasteiger partial charge is 0.337 e. The minimum atomic E-state index is 0.710. The Morgan fingerprint density at radius 1 is 0.446 bits per heavy atom. The van der Waals surface area contributed by atoms with Gasteiger partial charge >= 0.3 is 0 Å². The Morgan fingerprint density at radius 3 is 1.91 bits per heavy atom. The predicted octanol–water partition coefficient (Wildman–Crippen LogP) is 12.9. The summed E-state index contributed by atoms with van der Waals surface area (Å²) in [7, 11) is 0. The van der Waals surface area contributed by atoms with E-state index < -0.39 is 0 Å². The third-order valence-corrected chi connectivity index (χ3v) is 10.7. The number of nitrogens with zero attached hydrogens (tertiary/aromatic N) is 4. The normalized spacial score (nSPS) is 13.8. The predicted molar refractivity (Wildman–Crippen MR) is 233 cm³/mol. The Hall–Kier alpha value is -7.30. The van der Waals surface area contributed by atoms with Crippen molar-refractivity contribution < 1.29 is 0 Å². The lowest BCUT2D eigenvalue weighted by Gasteiger charge is -2.26. The summed E-state index contributed by atoms with van der Waals surface area (Å²) in [6.07, 6.45) is 7.78. The van der Waals surface area contributed by atoms with E-state index in [1.807, 2.05) is 24.3 Å². The van der Waals surface area contributed by atoms with E-state index in [-0.39, 0.29) is 0 Å². The number of hydrogen-bond donors (Lipinski definition) is 0. The maximum atomic E-state index is 5.13. The van der Waals surface area contributed by atoms with Crippen molar-refractivity contribution in [3.8, 4) is 39.6 Å². The molecule has 266 valence electrons. The Bertz CT molecular complexity index is 2850. The molecule has 10 rings (SSSR count). The van der Waals surface area contributed by atoms with Crippen LogP contribution in [0.3, 0.4) is 0 Å². The van der Waals surface area contributed by atoms with E-state index in [0.29, 0.717) is 12.4 Å². The van der Waals surface area contributed by atoms with Crippen molar-refractivity contribution in [1.29, 1.82) is 0 Å². The molecule has 9 aromatic rings. The SMILES string of the molecule is C1=C/C(c2ccc3c(c2)c2ccccc2n3-c2ccccc2)=C\Cc2ccccc2N(c2cccc(-c3cc(-c4ccccc4)nc(-c4ccccc4)n3)c2)C1. The van der Waals surface area contributed by atoms with Crippen molar-refractivity contribution in [3.63, 3.8) is 0 Å². The molecule has 7 aromatic carbocycles. The summed E-state index contributed by atoms with van der Waals surface area (Å²) in [6, 6.07) is 66.5. The molecule has 0 atom stereocenters. The van der Waals surface area contributed by atoms with Crippen LogP contribution >= 0.6 is 0 Å². The number of anilines is 2. The third kappa shape index (κ3) is 6.27. The van der Waals surface area contributed by atoms with Crippen LogP contribution in [0, 0.1) is 0 Å². The molecule has 4 nitrogen and oxygen atoms in total. The third-order valence-electron chi connectivity index (χ3n) is 10.7. The molecule has 0 spiro atoms. The molecule has 0 saturated heterocycles. The van der Waals surface area contributed by atoms with Crippen LogP contribution < -0.4 is 4.90 Å². The van der Waals surface area contributed by atoms with Gasteiger partial charge in [0.25, 0.3) is 0 Å². The number of rotatable bonds is 6. The van der Waals surface area contributed by atoms with Gasteiger partial charge < -0.3 is 9.47 Å². The summed E-state index contributed by atoms with van der Waals surface area (Å²) >= 11 is 0. The average Bonchev–Trinajstić information content (AvgIpc) is 3.65. The maximum absolute atomic E-state index is 5.13. The molecule has 0 unspecified atom stereocenters. The van der Waals surface area contributed by atoms with Gasteiger partial charge in [0.1, 0.15) is 0 Å². The molecule has 1 aliphatic heterocycles. The van der Waals surface area contributed by atoms with Crippen molar-refractivity contribution in [2.75, 3.05) is 11.4 Å². The first-order valence-electron chi connectivity index (χ1n) is 19.2. The molecule has 4 heteroatoms. The van der Waals surface area contributed by atoms with Crippen molar-refractivity contribution in [1.82, 2.24) is 14.5 Å². The molecule has 0 N–H and O–H groups in total. The number of benzene rings is 7.